The van der Waals surface area contributed by atoms with Gasteiger partial charge in [-0.25, -0.2) is 0 Å². The van der Waals surface area contributed by atoms with E-state index in [2.05, 4.69) is 86.8 Å². The molecular weight excluding hydrogens is 839 g/mol. The molecule has 0 aromatic heterocycles. The number of carbonyl (C=O) groups excluding carboxylic acids is 2. The van der Waals surface area contributed by atoms with Crippen LogP contribution in [0.2, 0.25) is 0 Å². The Hall–Kier alpha value is -2.44. The summed E-state index contributed by atoms with van der Waals surface area (Å²) < 4.78 is 5.95. The van der Waals surface area contributed by atoms with Gasteiger partial charge in [-0.3, -0.25) is 9.59 Å². The predicted molar refractivity (Wildman–Crippen MR) is 296 cm³/mol. The molecule has 1 amide bonds. The molecule has 0 bridgehead atoms. The Morgan fingerprint density at radius 2 is 0.809 bits per heavy atom. The molecule has 0 aliphatic heterocycles. The van der Waals surface area contributed by atoms with Gasteiger partial charge in [-0.15, -0.1) is 0 Å². The number of esters is 1. The highest BCUT2D eigenvalue weighted by Gasteiger charge is 2.24. The minimum Gasteiger partial charge on any atom is -0.462 e. The van der Waals surface area contributed by atoms with Crippen LogP contribution >= 0.6 is 0 Å². The van der Waals surface area contributed by atoms with E-state index in [1.807, 2.05) is 0 Å². The first-order chi connectivity index (χ1) is 33.5. The number of aliphatic hydroxyl groups is 2. The van der Waals surface area contributed by atoms with Crippen LogP contribution in [0.25, 0.3) is 0 Å². The summed E-state index contributed by atoms with van der Waals surface area (Å²) in [4.78, 5) is 26.3. The maximum atomic E-state index is 13.3. The Bertz CT molecular complexity index is 1210. The molecule has 0 spiro atoms. The van der Waals surface area contributed by atoms with E-state index in [1.165, 1.54) is 167 Å². The van der Waals surface area contributed by atoms with E-state index in [-0.39, 0.29) is 24.9 Å². The first kappa shape index (κ1) is 65.6. The SMILES string of the molecule is CCCCC/C=C\C/C=C\CCCCCCCCCC(=O)OC(CCCCC/C=C/C=C/C=C/CCCCCCC)CC(=O)NC(CO)C(O)CCCCCCCCCCCCCCCCCC. The summed E-state index contributed by atoms with van der Waals surface area (Å²) in [5, 5.41) is 23.9. The molecule has 0 radical (unpaired) electrons. The second-order valence-electron chi connectivity index (χ2n) is 20.1. The number of unbranched alkanes of at least 4 members (excludes halogenated alkanes) is 33. The van der Waals surface area contributed by atoms with Gasteiger partial charge in [-0.05, 0) is 83.5 Å². The zero-order valence-corrected chi connectivity index (χ0v) is 45.2. The van der Waals surface area contributed by atoms with E-state index >= 15 is 0 Å². The van der Waals surface area contributed by atoms with Crippen LogP contribution in [0.5, 0.6) is 0 Å². The van der Waals surface area contributed by atoms with Crippen LogP contribution < -0.4 is 5.32 Å². The van der Waals surface area contributed by atoms with Crippen LogP contribution in [0.4, 0.5) is 0 Å². The molecule has 0 saturated heterocycles. The standard InChI is InChI=1S/C62H113NO5/c1-4-7-10-13-16-19-22-25-28-31-34-37-40-43-46-49-52-55-62(67)68-58(53-50-47-44-41-38-35-32-29-26-23-20-17-14-11-8-5-2)56-61(66)63-59(57-64)60(65)54-51-48-45-42-39-36-33-30-27-24-21-18-15-12-9-6-3/h16,19,23,25-26,28-29,32,35,38,58-60,64-65H,4-15,17-18,20-22,24,27,30-31,33-34,36-37,39-57H2,1-3H3,(H,63,66)/b19-16-,26-23+,28-25-,32-29+,38-35+. The Balaban J connectivity index is 4.62. The lowest BCUT2D eigenvalue weighted by Gasteiger charge is -2.24. The molecule has 0 aliphatic carbocycles. The average Bonchev–Trinajstić information content (AvgIpc) is 3.33. The third kappa shape index (κ3) is 50.0. The van der Waals surface area contributed by atoms with E-state index in [4.69, 9.17) is 4.74 Å². The fourth-order valence-electron chi connectivity index (χ4n) is 8.88. The number of amides is 1. The summed E-state index contributed by atoms with van der Waals surface area (Å²) in [5.74, 6) is -0.508. The number of ether oxygens (including phenoxy) is 1. The van der Waals surface area contributed by atoms with Crippen molar-refractivity contribution in [2.75, 3.05) is 6.61 Å². The zero-order chi connectivity index (χ0) is 49.5. The molecule has 0 aromatic rings. The quantitative estimate of drug-likeness (QED) is 0.0244. The number of aliphatic hydroxyl groups excluding tert-OH is 2. The average molecular weight is 953 g/mol. The molecule has 6 heteroatoms. The van der Waals surface area contributed by atoms with Crippen LogP contribution in [-0.4, -0.2) is 46.9 Å². The molecule has 396 valence electrons. The summed E-state index contributed by atoms with van der Waals surface area (Å²) in [6.07, 6.45) is 70.0. The molecule has 68 heavy (non-hydrogen) atoms. The van der Waals surface area contributed by atoms with Crippen molar-refractivity contribution in [3.63, 3.8) is 0 Å². The van der Waals surface area contributed by atoms with Crippen molar-refractivity contribution in [3.05, 3.63) is 60.8 Å². The van der Waals surface area contributed by atoms with Gasteiger partial charge >= 0.3 is 5.97 Å². The van der Waals surface area contributed by atoms with Crippen molar-refractivity contribution in [2.45, 2.75) is 315 Å². The molecule has 0 aromatic carbocycles. The third-order valence-electron chi connectivity index (χ3n) is 13.4. The Labute approximate surface area is 422 Å². The van der Waals surface area contributed by atoms with Gasteiger partial charge in [0, 0.05) is 6.42 Å². The van der Waals surface area contributed by atoms with Crippen LogP contribution in [0.15, 0.2) is 60.8 Å². The van der Waals surface area contributed by atoms with Gasteiger partial charge in [0.15, 0.2) is 0 Å². The second kappa shape index (κ2) is 55.5. The highest BCUT2D eigenvalue weighted by Crippen LogP contribution is 2.18. The fraction of sp³-hybridized carbons (Fsp3) is 0.806. The van der Waals surface area contributed by atoms with Gasteiger partial charge in [0.05, 0.1) is 25.2 Å². The number of hydrogen-bond acceptors (Lipinski definition) is 5. The number of rotatable bonds is 53. The van der Waals surface area contributed by atoms with E-state index in [9.17, 15) is 19.8 Å². The van der Waals surface area contributed by atoms with E-state index in [0.717, 1.165) is 83.5 Å². The number of carbonyl (C=O) groups is 2. The minimum absolute atomic E-state index is 0.0515. The van der Waals surface area contributed by atoms with Gasteiger partial charge in [-0.1, -0.05) is 261 Å². The Kier molecular flexibility index (Phi) is 53.5. The van der Waals surface area contributed by atoms with Crippen LogP contribution in [0, 0.1) is 0 Å². The molecule has 0 rings (SSSR count). The molecule has 3 unspecified atom stereocenters. The summed E-state index contributed by atoms with van der Waals surface area (Å²) >= 11 is 0. The summed E-state index contributed by atoms with van der Waals surface area (Å²) in [6.45, 7) is 6.46. The van der Waals surface area contributed by atoms with E-state index < -0.39 is 18.2 Å². The molecule has 6 nitrogen and oxygen atoms in total. The number of allylic oxidation sites excluding steroid dienone is 10. The largest absolute Gasteiger partial charge is 0.462 e. The summed E-state index contributed by atoms with van der Waals surface area (Å²) in [5.41, 5.74) is 0. The highest BCUT2D eigenvalue weighted by atomic mass is 16.5. The van der Waals surface area contributed by atoms with Gasteiger partial charge in [0.1, 0.15) is 6.10 Å². The minimum atomic E-state index is -0.801. The van der Waals surface area contributed by atoms with Crippen molar-refractivity contribution < 1.29 is 24.5 Å². The van der Waals surface area contributed by atoms with Crippen molar-refractivity contribution >= 4 is 11.9 Å². The maximum absolute atomic E-state index is 13.3. The van der Waals surface area contributed by atoms with Gasteiger partial charge in [-0.2, -0.15) is 0 Å². The van der Waals surface area contributed by atoms with Gasteiger partial charge in [0.25, 0.3) is 0 Å². The topological polar surface area (TPSA) is 95.9 Å². The van der Waals surface area contributed by atoms with Crippen LogP contribution in [0.1, 0.15) is 297 Å². The molecular formula is C62H113NO5. The molecule has 3 N–H and O–H groups in total. The van der Waals surface area contributed by atoms with Crippen molar-refractivity contribution in [1.82, 2.24) is 5.32 Å². The number of nitrogens with one attached hydrogen (secondary N) is 1. The number of hydrogen-bond donors (Lipinski definition) is 3. The van der Waals surface area contributed by atoms with Crippen LogP contribution in [0.3, 0.4) is 0 Å². The second-order valence-corrected chi connectivity index (χ2v) is 20.1. The Morgan fingerprint density at radius 1 is 0.441 bits per heavy atom. The van der Waals surface area contributed by atoms with Gasteiger partial charge in [0.2, 0.25) is 5.91 Å². The van der Waals surface area contributed by atoms with Crippen molar-refractivity contribution in [1.29, 1.82) is 0 Å². The summed E-state index contributed by atoms with van der Waals surface area (Å²) in [6, 6.07) is -0.717. The fourth-order valence-corrected chi connectivity index (χ4v) is 8.88. The Morgan fingerprint density at radius 3 is 1.28 bits per heavy atom. The molecule has 0 heterocycles. The molecule has 0 saturated carbocycles. The maximum Gasteiger partial charge on any atom is 0.306 e. The van der Waals surface area contributed by atoms with E-state index in [0.29, 0.717) is 19.3 Å². The lowest BCUT2D eigenvalue weighted by molar-refractivity contribution is -0.151. The first-order valence-electron chi connectivity index (χ1n) is 29.5. The molecule has 3 atom stereocenters. The van der Waals surface area contributed by atoms with Crippen molar-refractivity contribution in [3.8, 4) is 0 Å². The molecule has 0 aliphatic rings. The molecule has 0 fully saturated rings. The van der Waals surface area contributed by atoms with E-state index in [1.54, 1.807) is 0 Å². The third-order valence-corrected chi connectivity index (χ3v) is 13.4. The first-order valence-corrected chi connectivity index (χ1v) is 29.5. The lowest BCUT2D eigenvalue weighted by atomic mass is 10.0. The smallest absolute Gasteiger partial charge is 0.306 e. The van der Waals surface area contributed by atoms with Crippen LogP contribution in [-0.2, 0) is 14.3 Å². The monoisotopic (exact) mass is 952 g/mol. The predicted octanol–water partition coefficient (Wildman–Crippen LogP) is 18.4. The highest BCUT2D eigenvalue weighted by molar-refractivity contribution is 5.77. The normalized spacial score (nSPS) is 13.5. The summed E-state index contributed by atoms with van der Waals surface area (Å²) in [7, 11) is 0. The van der Waals surface area contributed by atoms with Gasteiger partial charge < -0.3 is 20.3 Å². The van der Waals surface area contributed by atoms with Crippen molar-refractivity contribution in [2.24, 2.45) is 0 Å². The lowest BCUT2D eigenvalue weighted by Crippen LogP contribution is -2.46. The zero-order valence-electron chi connectivity index (χ0n) is 45.2.